The lowest BCUT2D eigenvalue weighted by Gasteiger charge is -2.31. The first-order valence-corrected chi connectivity index (χ1v) is 10.9. The fourth-order valence-electron chi connectivity index (χ4n) is 3.94. The molecule has 1 unspecified atom stereocenters. The van der Waals surface area contributed by atoms with Crippen LogP contribution in [-0.4, -0.2) is 34.1 Å². The maximum Gasteiger partial charge on any atom is 0.253 e. The summed E-state index contributed by atoms with van der Waals surface area (Å²) in [5, 5.41) is 8.30. The predicted molar refractivity (Wildman–Crippen MR) is 121 cm³/mol. The summed E-state index contributed by atoms with van der Waals surface area (Å²) in [7, 11) is 0. The van der Waals surface area contributed by atoms with Crippen molar-refractivity contribution in [3.05, 3.63) is 96.1 Å². The summed E-state index contributed by atoms with van der Waals surface area (Å²) in [6.07, 6.45) is 1.71. The molecule has 4 aromatic rings. The molecule has 0 radical (unpaired) electrons. The monoisotopic (exact) mass is 443 g/mol. The van der Waals surface area contributed by atoms with Crippen molar-refractivity contribution in [2.45, 2.75) is 18.8 Å². The largest absolute Gasteiger partial charge is 0.457 e. The van der Waals surface area contributed by atoms with Crippen LogP contribution in [0.2, 0.25) is 0 Å². The Hall–Kier alpha value is -4.00. The maximum atomic E-state index is 13.2. The van der Waals surface area contributed by atoms with E-state index in [-0.39, 0.29) is 17.6 Å². The van der Waals surface area contributed by atoms with Gasteiger partial charge in [0, 0.05) is 24.2 Å². The van der Waals surface area contributed by atoms with Crippen molar-refractivity contribution in [1.82, 2.24) is 15.1 Å². The average molecular weight is 443 g/mol. The maximum absolute atomic E-state index is 13.2. The lowest BCUT2D eigenvalue weighted by molar-refractivity contribution is 0.0698. The standard InChI is InChI=1S/C26H22FN3O3/c27-21-12-8-18(9-13-21)24-28-29-25(33-24)20-5-4-16-30(17-20)26(31)19-10-14-23(15-11-19)32-22-6-2-1-3-7-22/h1-3,6-15,20H,4-5,16-17H2. The van der Waals surface area contributed by atoms with E-state index >= 15 is 0 Å². The molecule has 0 spiro atoms. The van der Waals surface area contributed by atoms with E-state index in [0.717, 1.165) is 18.6 Å². The highest BCUT2D eigenvalue weighted by atomic mass is 19.1. The Balaban J connectivity index is 1.25. The summed E-state index contributed by atoms with van der Waals surface area (Å²) < 4.78 is 24.8. The SMILES string of the molecule is O=C(c1ccc(Oc2ccccc2)cc1)N1CCCC(c2nnc(-c3ccc(F)cc3)o2)C1. The Labute approximate surface area is 190 Å². The molecule has 5 rings (SSSR count). The number of piperidine rings is 1. The van der Waals surface area contributed by atoms with Crippen LogP contribution in [-0.2, 0) is 0 Å². The number of amides is 1. The van der Waals surface area contributed by atoms with E-state index in [4.69, 9.17) is 9.15 Å². The van der Waals surface area contributed by atoms with Gasteiger partial charge in [0.05, 0.1) is 5.92 Å². The highest BCUT2D eigenvalue weighted by molar-refractivity contribution is 5.94. The van der Waals surface area contributed by atoms with Crippen LogP contribution in [0.3, 0.4) is 0 Å². The number of carbonyl (C=O) groups is 1. The molecular weight excluding hydrogens is 421 g/mol. The molecule has 3 aromatic carbocycles. The van der Waals surface area contributed by atoms with Crippen LogP contribution in [0.4, 0.5) is 4.39 Å². The number of para-hydroxylation sites is 1. The van der Waals surface area contributed by atoms with E-state index in [0.29, 0.717) is 41.7 Å². The molecule has 0 N–H and O–H groups in total. The van der Waals surface area contributed by atoms with Crippen LogP contribution in [0.15, 0.2) is 83.3 Å². The van der Waals surface area contributed by atoms with Gasteiger partial charge in [-0.1, -0.05) is 18.2 Å². The second-order valence-corrected chi connectivity index (χ2v) is 7.98. The Morgan fingerprint density at radius 3 is 2.42 bits per heavy atom. The van der Waals surface area contributed by atoms with Crippen molar-refractivity contribution in [2.24, 2.45) is 0 Å². The van der Waals surface area contributed by atoms with E-state index < -0.39 is 0 Å². The van der Waals surface area contributed by atoms with Gasteiger partial charge < -0.3 is 14.1 Å². The molecule has 33 heavy (non-hydrogen) atoms. The van der Waals surface area contributed by atoms with E-state index in [9.17, 15) is 9.18 Å². The molecule has 1 aliphatic rings. The number of benzene rings is 3. The zero-order valence-electron chi connectivity index (χ0n) is 17.9. The minimum atomic E-state index is -0.320. The minimum Gasteiger partial charge on any atom is -0.457 e. The predicted octanol–water partition coefficient (Wildman–Crippen LogP) is 5.69. The van der Waals surface area contributed by atoms with Gasteiger partial charge in [0.1, 0.15) is 17.3 Å². The molecule has 0 bridgehead atoms. The molecule has 1 amide bonds. The number of halogens is 1. The summed E-state index contributed by atoms with van der Waals surface area (Å²) >= 11 is 0. The fourth-order valence-corrected chi connectivity index (χ4v) is 3.94. The van der Waals surface area contributed by atoms with Crippen LogP contribution >= 0.6 is 0 Å². The lowest BCUT2D eigenvalue weighted by atomic mass is 9.97. The number of rotatable bonds is 5. The molecule has 0 saturated carbocycles. The highest BCUT2D eigenvalue weighted by Gasteiger charge is 2.29. The molecule has 1 aliphatic heterocycles. The number of carbonyl (C=O) groups excluding carboxylic acids is 1. The Kier molecular flexibility index (Phi) is 5.85. The van der Waals surface area contributed by atoms with Gasteiger partial charge in [-0.3, -0.25) is 4.79 Å². The van der Waals surface area contributed by atoms with Crippen LogP contribution in [0.5, 0.6) is 11.5 Å². The zero-order chi connectivity index (χ0) is 22.6. The van der Waals surface area contributed by atoms with Crippen LogP contribution in [0.25, 0.3) is 11.5 Å². The van der Waals surface area contributed by atoms with E-state index in [1.807, 2.05) is 35.2 Å². The van der Waals surface area contributed by atoms with Gasteiger partial charge in [-0.2, -0.15) is 0 Å². The zero-order valence-corrected chi connectivity index (χ0v) is 17.9. The van der Waals surface area contributed by atoms with E-state index in [2.05, 4.69) is 10.2 Å². The Morgan fingerprint density at radius 1 is 0.939 bits per heavy atom. The summed E-state index contributed by atoms with van der Waals surface area (Å²) in [5.41, 5.74) is 1.27. The first-order chi connectivity index (χ1) is 16.2. The van der Waals surface area contributed by atoms with Gasteiger partial charge in [0.15, 0.2) is 0 Å². The number of hydrogen-bond acceptors (Lipinski definition) is 5. The molecule has 1 saturated heterocycles. The lowest BCUT2D eigenvalue weighted by Crippen LogP contribution is -2.39. The summed E-state index contributed by atoms with van der Waals surface area (Å²) in [5.74, 6) is 1.87. The van der Waals surface area contributed by atoms with Gasteiger partial charge >= 0.3 is 0 Å². The molecule has 166 valence electrons. The summed E-state index contributed by atoms with van der Waals surface area (Å²) in [4.78, 5) is 14.9. The van der Waals surface area contributed by atoms with Gasteiger partial charge in [-0.25, -0.2) is 4.39 Å². The first kappa shape index (κ1) is 20.9. The highest BCUT2D eigenvalue weighted by Crippen LogP contribution is 2.29. The normalized spacial score (nSPS) is 15.9. The third-order valence-corrected chi connectivity index (χ3v) is 5.67. The van der Waals surface area contributed by atoms with Gasteiger partial charge in [-0.15, -0.1) is 10.2 Å². The second-order valence-electron chi connectivity index (χ2n) is 7.98. The topological polar surface area (TPSA) is 68.5 Å². The van der Waals surface area contributed by atoms with Gasteiger partial charge in [0.2, 0.25) is 11.8 Å². The Morgan fingerprint density at radius 2 is 1.67 bits per heavy atom. The number of hydrogen-bond donors (Lipinski definition) is 0. The Bertz CT molecular complexity index is 1220. The molecule has 1 atom stereocenters. The molecular formula is C26H22FN3O3. The quantitative estimate of drug-likeness (QED) is 0.396. The summed E-state index contributed by atoms with van der Waals surface area (Å²) in [6.45, 7) is 1.18. The van der Waals surface area contributed by atoms with E-state index in [1.165, 1.54) is 12.1 Å². The van der Waals surface area contributed by atoms with Crippen molar-refractivity contribution in [3.8, 4) is 23.0 Å². The number of nitrogens with zero attached hydrogens (tertiary/aromatic N) is 3. The van der Waals surface area contributed by atoms with Crippen molar-refractivity contribution in [1.29, 1.82) is 0 Å². The van der Waals surface area contributed by atoms with Crippen molar-refractivity contribution >= 4 is 5.91 Å². The average Bonchev–Trinajstić information content (AvgIpc) is 3.36. The van der Waals surface area contributed by atoms with Crippen LogP contribution < -0.4 is 4.74 Å². The molecule has 7 heteroatoms. The minimum absolute atomic E-state index is 0.0370. The number of aromatic nitrogens is 2. The third kappa shape index (κ3) is 4.77. The van der Waals surface area contributed by atoms with Crippen LogP contribution in [0, 0.1) is 5.82 Å². The molecule has 0 aliphatic carbocycles. The van der Waals surface area contributed by atoms with Crippen LogP contribution in [0.1, 0.15) is 35.0 Å². The number of ether oxygens (including phenoxy) is 1. The molecule has 1 aromatic heterocycles. The van der Waals surface area contributed by atoms with Crippen molar-refractivity contribution in [3.63, 3.8) is 0 Å². The third-order valence-electron chi connectivity index (χ3n) is 5.67. The molecule has 6 nitrogen and oxygen atoms in total. The summed E-state index contributed by atoms with van der Waals surface area (Å²) in [6, 6.07) is 22.6. The second kappa shape index (κ2) is 9.24. The number of likely N-dealkylation sites (tertiary alicyclic amines) is 1. The first-order valence-electron chi connectivity index (χ1n) is 10.9. The smallest absolute Gasteiger partial charge is 0.253 e. The van der Waals surface area contributed by atoms with Crippen molar-refractivity contribution in [2.75, 3.05) is 13.1 Å². The van der Waals surface area contributed by atoms with Crippen molar-refractivity contribution < 1.29 is 18.3 Å². The molecule has 2 heterocycles. The van der Waals surface area contributed by atoms with E-state index in [1.54, 1.807) is 36.4 Å². The fraction of sp³-hybridized carbons (Fsp3) is 0.192. The van der Waals surface area contributed by atoms with Gasteiger partial charge in [-0.05, 0) is 73.5 Å². The van der Waals surface area contributed by atoms with Gasteiger partial charge in [0.25, 0.3) is 5.91 Å². The molecule has 1 fully saturated rings.